The molecule has 9 heteroatoms. The van der Waals surface area contributed by atoms with Crippen LogP contribution in [-0.4, -0.2) is 19.7 Å². The third kappa shape index (κ3) is 1.50. The lowest BCUT2D eigenvalue weighted by molar-refractivity contribution is -0.133. The van der Waals surface area contributed by atoms with Crippen molar-refractivity contribution in [3.63, 3.8) is 0 Å². The summed E-state index contributed by atoms with van der Waals surface area (Å²) in [4.78, 5) is 1.91. The Labute approximate surface area is 95.4 Å². The maximum absolute atomic E-state index is 12.7. The lowest BCUT2D eigenvalue weighted by Crippen LogP contribution is -2.03. The molecule has 0 aliphatic rings. The SMILES string of the molecule is FC(F)(F)c1sncc1-c1c[nH]c2nnoc12. The van der Waals surface area contributed by atoms with Crippen LogP contribution in [0.1, 0.15) is 4.88 Å². The number of aromatic amines is 1. The molecule has 0 aliphatic carbocycles. The number of hydrogen-bond acceptors (Lipinski definition) is 5. The molecule has 1 N–H and O–H groups in total. The summed E-state index contributed by atoms with van der Waals surface area (Å²) in [5.41, 5.74) is 0.716. The number of rotatable bonds is 1. The van der Waals surface area contributed by atoms with E-state index in [0.29, 0.717) is 17.2 Å². The van der Waals surface area contributed by atoms with Crippen LogP contribution in [0.4, 0.5) is 13.2 Å². The van der Waals surface area contributed by atoms with Gasteiger partial charge in [0.25, 0.3) is 0 Å². The van der Waals surface area contributed by atoms with E-state index in [0.717, 1.165) is 6.20 Å². The highest BCUT2D eigenvalue weighted by Crippen LogP contribution is 2.41. The smallest absolute Gasteiger partial charge is 0.341 e. The highest BCUT2D eigenvalue weighted by molar-refractivity contribution is 7.06. The highest BCUT2D eigenvalue weighted by atomic mass is 32.1. The zero-order valence-corrected chi connectivity index (χ0v) is 8.76. The fraction of sp³-hybridized carbons (Fsp3) is 0.125. The summed E-state index contributed by atoms with van der Waals surface area (Å²) < 4.78 is 46.5. The van der Waals surface area contributed by atoms with Crippen LogP contribution < -0.4 is 0 Å². The Morgan fingerprint density at radius 2 is 2.12 bits per heavy atom. The van der Waals surface area contributed by atoms with Crippen molar-refractivity contribution in [2.24, 2.45) is 0 Å². The first-order valence-electron chi connectivity index (χ1n) is 4.39. The average Bonchev–Trinajstić information content (AvgIpc) is 2.90. The van der Waals surface area contributed by atoms with Gasteiger partial charge in [0.2, 0.25) is 11.2 Å². The van der Waals surface area contributed by atoms with E-state index in [1.165, 1.54) is 6.20 Å². The zero-order chi connectivity index (χ0) is 12.0. The monoisotopic (exact) mass is 260 g/mol. The van der Waals surface area contributed by atoms with Gasteiger partial charge in [0.1, 0.15) is 4.88 Å². The molecule has 0 saturated carbocycles. The summed E-state index contributed by atoms with van der Waals surface area (Å²) >= 11 is 0.395. The number of H-pyrrole nitrogens is 1. The molecule has 0 spiro atoms. The molecule has 0 radical (unpaired) electrons. The lowest BCUT2D eigenvalue weighted by atomic mass is 10.1. The van der Waals surface area contributed by atoms with E-state index in [2.05, 4.69) is 19.7 Å². The third-order valence-electron chi connectivity index (χ3n) is 2.20. The third-order valence-corrected chi connectivity index (χ3v) is 3.05. The molecule has 0 fully saturated rings. The van der Waals surface area contributed by atoms with Gasteiger partial charge in [0.15, 0.2) is 0 Å². The van der Waals surface area contributed by atoms with Gasteiger partial charge in [-0.15, -0.1) is 0 Å². The summed E-state index contributed by atoms with van der Waals surface area (Å²) in [6.45, 7) is 0. The molecule has 17 heavy (non-hydrogen) atoms. The molecular formula is C8H3F3N4OS. The summed E-state index contributed by atoms with van der Waals surface area (Å²) in [6.07, 6.45) is -1.89. The molecule has 0 amide bonds. The van der Waals surface area contributed by atoms with E-state index in [-0.39, 0.29) is 16.7 Å². The fourth-order valence-electron chi connectivity index (χ4n) is 1.50. The number of nitrogens with zero attached hydrogens (tertiary/aromatic N) is 3. The minimum atomic E-state index is -4.44. The van der Waals surface area contributed by atoms with Crippen LogP contribution in [-0.2, 0) is 6.18 Å². The van der Waals surface area contributed by atoms with E-state index in [4.69, 9.17) is 4.52 Å². The van der Waals surface area contributed by atoms with Crippen molar-refractivity contribution in [3.8, 4) is 11.1 Å². The number of alkyl halides is 3. The predicted molar refractivity (Wildman–Crippen MR) is 52.3 cm³/mol. The second kappa shape index (κ2) is 3.29. The Morgan fingerprint density at radius 3 is 2.88 bits per heavy atom. The van der Waals surface area contributed by atoms with Crippen molar-refractivity contribution in [2.45, 2.75) is 6.18 Å². The van der Waals surface area contributed by atoms with Crippen LogP contribution in [0.3, 0.4) is 0 Å². The van der Waals surface area contributed by atoms with Gasteiger partial charge in [0.05, 0.1) is 5.56 Å². The van der Waals surface area contributed by atoms with E-state index >= 15 is 0 Å². The van der Waals surface area contributed by atoms with Crippen molar-refractivity contribution in [1.29, 1.82) is 0 Å². The van der Waals surface area contributed by atoms with Gasteiger partial charge < -0.3 is 9.51 Å². The number of aromatic nitrogens is 4. The normalized spacial score (nSPS) is 12.4. The van der Waals surface area contributed by atoms with Gasteiger partial charge in [-0.3, -0.25) is 0 Å². The summed E-state index contributed by atoms with van der Waals surface area (Å²) in [6, 6.07) is 0. The van der Waals surface area contributed by atoms with Crippen molar-refractivity contribution in [3.05, 3.63) is 17.3 Å². The Bertz CT molecular complexity index is 667. The molecule has 0 atom stereocenters. The van der Waals surface area contributed by atoms with E-state index < -0.39 is 11.1 Å². The maximum Gasteiger partial charge on any atom is 0.427 e. The average molecular weight is 260 g/mol. The maximum atomic E-state index is 12.7. The van der Waals surface area contributed by atoms with Gasteiger partial charge >= 0.3 is 6.18 Å². The largest absolute Gasteiger partial charge is 0.427 e. The van der Waals surface area contributed by atoms with Crippen molar-refractivity contribution < 1.29 is 17.7 Å². The Morgan fingerprint density at radius 1 is 1.29 bits per heavy atom. The lowest BCUT2D eigenvalue weighted by Gasteiger charge is -2.04. The summed E-state index contributed by atoms with van der Waals surface area (Å²) in [5.74, 6) is 0. The van der Waals surface area contributed by atoms with Crippen LogP contribution in [0.15, 0.2) is 16.9 Å². The number of hydrogen-bond donors (Lipinski definition) is 1. The second-order valence-electron chi connectivity index (χ2n) is 3.22. The number of nitrogens with one attached hydrogen (secondary N) is 1. The van der Waals surface area contributed by atoms with Gasteiger partial charge in [-0.05, 0) is 11.5 Å². The van der Waals surface area contributed by atoms with Gasteiger partial charge in [-0.2, -0.15) is 17.5 Å². The first-order chi connectivity index (χ1) is 8.07. The molecule has 0 bridgehead atoms. The van der Waals surface area contributed by atoms with Crippen molar-refractivity contribution in [1.82, 2.24) is 19.7 Å². The Hall–Kier alpha value is -1.90. The topological polar surface area (TPSA) is 67.6 Å². The molecule has 5 nitrogen and oxygen atoms in total. The molecular weight excluding hydrogens is 257 g/mol. The zero-order valence-electron chi connectivity index (χ0n) is 7.95. The van der Waals surface area contributed by atoms with E-state index in [1.807, 2.05) is 0 Å². The molecule has 0 aliphatic heterocycles. The quantitative estimate of drug-likeness (QED) is 0.730. The van der Waals surface area contributed by atoms with Gasteiger partial charge in [-0.25, -0.2) is 0 Å². The van der Waals surface area contributed by atoms with Crippen LogP contribution in [0, 0.1) is 0 Å². The van der Waals surface area contributed by atoms with Crippen LogP contribution in [0.2, 0.25) is 0 Å². The number of halogens is 3. The minimum absolute atomic E-state index is 0.0349. The molecule has 3 aromatic heterocycles. The summed E-state index contributed by atoms with van der Waals surface area (Å²) in [5, 5.41) is 6.84. The van der Waals surface area contributed by atoms with E-state index in [1.54, 1.807) is 0 Å². The molecule has 3 aromatic rings. The standard InChI is InChI=1S/C8H3F3N4OS/c9-8(10,11)6-4(2-13-17-6)3-1-12-7-5(3)16-15-14-7/h1-2,12H. The Balaban J connectivity index is 2.24. The summed E-state index contributed by atoms with van der Waals surface area (Å²) in [7, 11) is 0. The number of fused-ring (bicyclic) bond motifs is 1. The van der Waals surface area contributed by atoms with Gasteiger partial charge in [-0.1, -0.05) is 5.10 Å². The van der Waals surface area contributed by atoms with Crippen LogP contribution in [0.25, 0.3) is 22.4 Å². The fourth-order valence-corrected chi connectivity index (χ4v) is 2.13. The highest BCUT2D eigenvalue weighted by Gasteiger charge is 2.37. The first kappa shape index (κ1) is 10.3. The second-order valence-corrected chi connectivity index (χ2v) is 4.02. The molecule has 0 unspecified atom stereocenters. The molecule has 3 heterocycles. The van der Waals surface area contributed by atoms with Crippen molar-refractivity contribution >= 4 is 22.8 Å². The van der Waals surface area contributed by atoms with E-state index in [9.17, 15) is 13.2 Å². The Kier molecular flexibility index (Phi) is 1.99. The first-order valence-corrected chi connectivity index (χ1v) is 5.16. The predicted octanol–water partition coefficient (Wildman–Crippen LogP) is 2.69. The van der Waals surface area contributed by atoms with Crippen molar-refractivity contribution in [2.75, 3.05) is 0 Å². The minimum Gasteiger partial charge on any atom is -0.341 e. The molecule has 0 saturated heterocycles. The van der Waals surface area contributed by atoms with Gasteiger partial charge in [0, 0.05) is 23.2 Å². The molecule has 3 rings (SSSR count). The molecule has 0 aromatic carbocycles. The van der Waals surface area contributed by atoms with Crippen LogP contribution >= 0.6 is 11.5 Å². The van der Waals surface area contributed by atoms with Crippen LogP contribution in [0.5, 0.6) is 0 Å². The molecule has 88 valence electrons.